The van der Waals surface area contributed by atoms with Gasteiger partial charge in [-0.25, -0.2) is 0 Å². The average Bonchev–Trinajstić information content (AvgIpc) is 3.18. The summed E-state index contributed by atoms with van der Waals surface area (Å²) in [6.45, 7) is 10.6. The molecule has 6 aromatic carbocycles. The quantitative estimate of drug-likeness (QED) is 0.171. The van der Waals surface area contributed by atoms with Crippen LogP contribution in [0.4, 0.5) is 0 Å². The number of hydrogen-bond donors (Lipinski definition) is 0. The molecule has 0 atom stereocenters. The maximum Gasteiger partial charge on any atom is 0.495 e. The van der Waals surface area contributed by atoms with Gasteiger partial charge in [-0.1, -0.05) is 103 Å². The van der Waals surface area contributed by atoms with E-state index in [1.807, 2.05) is 0 Å². The van der Waals surface area contributed by atoms with Crippen LogP contribution in [0.3, 0.4) is 0 Å². The van der Waals surface area contributed by atoms with Gasteiger partial charge in [-0.05, 0) is 107 Å². The number of fused-ring (bicyclic) bond motifs is 5. The molecular formula is C37H33BO2. The van der Waals surface area contributed by atoms with Crippen molar-refractivity contribution in [2.45, 2.75) is 45.8 Å². The Morgan fingerprint density at radius 2 is 0.925 bits per heavy atom. The van der Waals surface area contributed by atoms with Crippen LogP contribution < -0.4 is 5.46 Å². The van der Waals surface area contributed by atoms with Gasteiger partial charge in [0.25, 0.3) is 0 Å². The van der Waals surface area contributed by atoms with Crippen LogP contribution in [0.25, 0.3) is 54.6 Å². The van der Waals surface area contributed by atoms with Crippen molar-refractivity contribution in [2.75, 3.05) is 0 Å². The molecule has 0 radical (unpaired) electrons. The maximum atomic E-state index is 6.53. The van der Waals surface area contributed by atoms with Crippen LogP contribution in [0.1, 0.15) is 33.3 Å². The summed E-state index contributed by atoms with van der Waals surface area (Å²) in [5, 5.41) is 7.52. The predicted molar refractivity (Wildman–Crippen MR) is 170 cm³/mol. The maximum absolute atomic E-state index is 6.53. The lowest BCUT2D eigenvalue weighted by Crippen LogP contribution is -2.41. The first kappa shape index (κ1) is 25.1. The van der Waals surface area contributed by atoms with Crippen molar-refractivity contribution in [3.05, 3.63) is 115 Å². The van der Waals surface area contributed by atoms with Gasteiger partial charge >= 0.3 is 7.12 Å². The third-order valence-electron chi connectivity index (χ3n) is 9.04. The van der Waals surface area contributed by atoms with Gasteiger partial charge < -0.3 is 9.31 Å². The van der Waals surface area contributed by atoms with Crippen LogP contribution >= 0.6 is 0 Å². The van der Waals surface area contributed by atoms with Gasteiger partial charge in [0, 0.05) is 0 Å². The van der Waals surface area contributed by atoms with Gasteiger partial charge in [-0.15, -0.1) is 0 Å². The van der Waals surface area contributed by atoms with E-state index in [0.717, 1.165) is 5.46 Å². The minimum atomic E-state index is -0.412. The molecule has 1 aliphatic rings. The average molecular weight is 520 g/mol. The van der Waals surface area contributed by atoms with E-state index in [2.05, 4.69) is 144 Å². The fraction of sp³-hybridized carbons (Fsp3) is 0.189. The lowest BCUT2D eigenvalue weighted by Gasteiger charge is -2.32. The number of rotatable bonds is 3. The van der Waals surface area contributed by atoms with E-state index in [1.54, 1.807) is 0 Å². The van der Waals surface area contributed by atoms with Crippen LogP contribution in [-0.4, -0.2) is 18.3 Å². The summed E-state index contributed by atoms with van der Waals surface area (Å²) in [6, 6.07) is 39.7. The first-order valence-electron chi connectivity index (χ1n) is 14.1. The van der Waals surface area contributed by atoms with Gasteiger partial charge in [0.05, 0.1) is 11.2 Å². The molecule has 6 aromatic rings. The van der Waals surface area contributed by atoms with Gasteiger partial charge in [-0.2, -0.15) is 0 Å². The fourth-order valence-corrected chi connectivity index (χ4v) is 6.11. The fourth-order valence-electron chi connectivity index (χ4n) is 6.11. The van der Waals surface area contributed by atoms with Crippen LogP contribution in [0.5, 0.6) is 0 Å². The standard InChI is InChI=1S/C37H33BO2/c1-24-20-31-33-21-29(25-14-8-6-9-15-25)27-18-12-13-19-28(27)32(33)22-30(26-16-10-7-11-17-26)34(31)23-35(24)38-39-36(2,3)37(4,5)40-38/h6-23H,1-5H3. The third kappa shape index (κ3) is 3.88. The smallest absolute Gasteiger partial charge is 0.399 e. The Kier molecular flexibility index (Phi) is 5.68. The number of hydrogen-bond acceptors (Lipinski definition) is 2. The zero-order valence-electron chi connectivity index (χ0n) is 23.8. The lowest BCUT2D eigenvalue weighted by atomic mass is 9.74. The third-order valence-corrected chi connectivity index (χ3v) is 9.04. The SMILES string of the molecule is Cc1cc2c(cc1B1OC(C)(C)C(C)(C)O1)c(-c1ccccc1)cc1c3ccccc3c(-c3ccccc3)cc21. The van der Waals surface area contributed by atoms with Crippen LogP contribution in [0.2, 0.25) is 0 Å². The molecule has 0 saturated carbocycles. The zero-order chi connectivity index (χ0) is 27.6. The van der Waals surface area contributed by atoms with E-state index < -0.39 is 18.3 Å². The molecule has 0 spiro atoms. The van der Waals surface area contributed by atoms with Gasteiger partial charge in [0.15, 0.2) is 0 Å². The summed E-state index contributed by atoms with van der Waals surface area (Å²) >= 11 is 0. The first-order valence-corrected chi connectivity index (χ1v) is 14.1. The van der Waals surface area contributed by atoms with Crippen LogP contribution in [0.15, 0.2) is 109 Å². The molecule has 1 saturated heterocycles. The van der Waals surface area contributed by atoms with Gasteiger partial charge in [-0.3, -0.25) is 0 Å². The Hall–Kier alpha value is -3.92. The largest absolute Gasteiger partial charge is 0.495 e. The summed E-state index contributed by atoms with van der Waals surface area (Å²) in [6.07, 6.45) is 0. The molecular weight excluding hydrogens is 487 g/mol. The molecule has 0 amide bonds. The molecule has 1 fully saturated rings. The number of benzene rings is 6. The van der Waals surface area contributed by atoms with E-state index in [4.69, 9.17) is 9.31 Å². The van der Waals surface area contributed by atoms with E-state index in [-0.39, 0.29) is 0 Å². The minimum absolute atomic E-state index is 0.395. The van der Waals surface area contributed by atoms with Gasteiger partial charge in [0.2, 0.25) is 0 Å². The topological polar surface area (TPSA) is 18.5 Å². The van der Waals surface area contributed by atoms with E-state index >= 15 is 0 Å². The van der Waals surface area contributed by atoms with E-state index in [0.29, 0.717) is 0 Å². The Bertz CT molecular complexity index is 1890. The molecule has 7 rings (SSSR count). The summed E-state index contributed by atoms with van der Waals surface area (Å²) in [5.41, 5.74) is 6.38. The molecule has 0 N–H and O–H groups in total. The van der Waals surface area contributed by atoms with Crippen molar-refractivity contribution in [3.63, 3.8) is 0 Å². The zero-order valence-corrected chi connectivity index (χ0v) is 23.8. The molecule has 1 heterocycles. The molecule has 0 aromatic heterocycles. The highest BCUT2D eigenvalue weighted by Crippen LogP contribution is 2.42. The van der Waals surface area contributed by atoms with Crippen LogP contribution in [-0.2, 0) is 9.31 Å². The van der Waals surface area contributed by atoms with Gasteiger partial charge in [0.1, 0.15) is 0 Å². The number of aryl methyl sites for hydroxylation is 1. The monoisotopic (exact) mass is 520 g/mol. The highest BCUT2D eigenvalue weighted by atomic mass is 16.7. The lowest BCUT2D eigenvalue weighted by molar-refractivity contribution is 0.00578. The highest BCUT2D eigenvalue weighted by Gasteiger charge is 2.52. The highest BCUT2D eigenvalue weighted by molar-refractivity contribution is 6.63. The summed E-state index contributed by atoms with van der Waals surface area (Å²) in [7, 11) is -0.412. The summed E-state index contributed by atoms with van der Waals surface area (Å²) in [5.74, 6) is 0. The van der Waals surface area contributed by atoms with Crippen molar-refractivity contribution in [1.82, 2.24) is 0 Å². The second kappa shape index (κ2) is 9.06. The molecule has 0 bridgehead atoms. The Balaban J connectivity index is 1.58. The molecule has 196 valence electrons. The van der Waals surface area contributed by atoms with E-state index in [1.165, 1.54) is 60.1 Å². The molecule has 3 heteroatoms. The van der Waals surface area contributed by atoms with Crippen LogP contribution in [0, 0.1) is 6.92 Å². The summed E-state index contributed by atoms with van der Waals surface area (Å²) < 4.78 is 13.1. The van der Waals surface area contributed by atoms with Crippen molar-refractivity contribution in [3.8, 4) is 22.3 Å². The second-order valence-electron chi connectivity index (χ2n) is 12.1. The molecule has 0 unspecified atom stereocenters. The molecule has 1 aliphatic heterocycles. The van der Waals surface area contributed by atoms with Crippen molar-refractivity contribution >= 4 is 44.9 Å². The Morgan fingerprint density at radius 3 is 1.50 bits per heavy atom. The molecule has 0 aliphatic carbocycles. The second-order valence-corrected chi connectivity index (χ2v) is 12.1. The molecule has 40 heavy (non-hydrogen) atoms. The first-order chi connectivity index (χ1) is 19.2. The molecule has 2 nitrogen and oxygen atoms in total. The predicted octanol–water partition coefficient (Wildman–Crippen LogP) is 9.09. The minimum Gasteiger partial charge on any atom is -0.399 e. The van der Waals surface area contributed by atoms with E-state index in [9.17, 15) is 0 Å². The Labute approximate surface area is 236 Å². The Morgan fingerprint density at radius 1 is 0.475 bits per heavy atom. The van der Waals surface area contributed by atoms with Crippen molar-refractivity contribution in [1.29, 1.82) is 0 Å². The normalized spacial score (nSPS) is 16.3. The van der Waals surface area contributed by atoms with Crippen molar-refractivity contribution in [2.24, 2.45) is 0 Å². The van der Waals surface area contributed by atoms with Crippen molar-refractivity contribution < 1.29 is 9.31 Å². The summed E-state index contributed by atoms with van der Waals surface area (Å²) in [4.78, 5) is 0.